The molecule has 2 atom stereocenters. The number of carbonyl (C=O) groups is 2. The van der Waals surface area contributed by atoms with Gasteiger partial charge in [-0.3, -0.25) is 9.59 Å². The smallest absolute Gasteiger partial charge is 0.254 e. The Bertz CT molecular complexity index is 936. The maximum atomic E-state index is 13.2. The van der Waals surface area contributed by atoms with E-state index < -0.39 is 0 Å². The number of halogens is 1. The second-order valence-corrected chi connectivity index (χ2v) is 9.62. The van der Waals surface area contributed by atoms with Crippen LogP contribution in [0.1, 0.15) is 60.2 Å². The van der Waals surface area contributed by atoms with Crippen LogP contribution in [-0.2, 0) is 0 Å². The Morgan fingerprint density at radius 2 is 1.43 bits per heavy atom. The minimum absolute atomic E-state index is 0. The molecule has 2 aromatic rings. The number of amides is 2. The number of hydrogen-bond donors (Lipinski definition) is 0. The fraction of sp³-hybridized carbons (Fsp3) is 0.500. The van der Waals surface area contributed by atoms with Gasteiger partial charge in [0.1, 0.15) is 5.75 Å². The Morgan fingerprint density at radius 1 is 0.829 bits per heavy atom. The quantitative estimate of drug-likeness (QED) is 0.516. The van der Waals surface area contributed by atoms with Crippen LogP contribution in [0.5, 0.6) is 5.75 Å². The van der Waals surface area contributed by atoms with Crippen molar-refractivity contribution < 1.29 is 14.3 Å². The molecule has 0 radical (unpaired) electrons. The first-order chi connectivity index (χ1) is 16.5. The Morgan fingerprint density at radius 3 is 2.06 bits per heavy atom. The van der Waals surface area contributed by atoms with Crippen molar-refractivity contribution in [3.8, 4) is 5.75 Å². The third-order valence-electron chi connectivity index (χ3n) is 6.90. The number of hydrogen-bond acceptors (Lipinski definition) is 4. The third-order valence-corrected chi connectivity index (χ3v) is 6.90. The van der Waals surface area contributed by atoms with E-state index in [0.717, 1.165) is 18.7 Å². The molecular weight excluding hydrogens is 462 g/mol. The fourth-order valence-corrected chi connectivity index (χ4v) is 5.16. The summed E-state index contributed by atoms with van der Waals surface area (Å²) in [6.45, 7) is 9.27. The minimum Gasteiger partial charge on any atom is -0.494 e. The summed E-state index contributed by atoms with van der Waals surface area (Å²) in [5, 5.41) is 0. The average molecular weight is 500 g/mol. The number of nitrogens with zero attached hydrogens (tertiary/aromatic N) is 3. The second kappa shape index (κ2) is 12.9. The van der Waals surface area contributed by atoms with Gasteiger partial charge in [0, 0.05) is 42.8 Å². The first kappa shape index (κ1) is 27.0. The first-order valence-corrected chi connectivity index (χ1v) is 12.6. The van der Waals surface area contributed by atoms with E-state index >= 15 is 0 Å². The standard InChI is InChI=1S/C28H37N3O3.ClH/c1-22-20-30(21-23(2)31(22)28(33)24-10-5-3-6-11-24)27(32)25-12-14-26(15-13-25)34-19-9-18-29-16-7-4-8-17-29;/h3,5-6,10-15,22-23H,4,7-9,16-21H2,1-2H3;1H/t22-,23+;. The van der Waals surface area contributed by atoms with Crippen LogP contribution in [0.4, 0.5) is 0 Å². The molecule has 35 heavy (non-hydrogen) atoms. The van der Waals surface area contributed by atoms with Crippen molar-refractivity contribution in [1.29, 1.82) is 0 Å². The Kier molecular flexibility index (Phi) is 9.99. The van der Waals surface area contributed by atoms with Crippen LogP contribution >= 0.6 is 12.4 Å². The van der Waals surface area contributed by atoms with Crippen LogP contribution in [0.25, 0.3) is 0 Å². The molecule has 0 unspecified atom stereocenters. The van der Waals surface area contributed by atoms with E-state index in [1.165, 1.54) is 32.4 Å². The maximum Gasteiger partial charge on any atom is 0.254 e. The third kappa shape index (κ3) is 6.98. The summed E-state index contributed by atoms with van der Waals surface area (Å²) in [6.07, 6.45) is 5.00. The Balaban J connectivity index is 0.00000342. The zero-order valence-corrected chi connectivity index (χ0v) is 21.7. The molecule has 0 spiro atoms. The van der Waals surface area contributed by atoms with Crippen LogP contribution in [0, 0.1) is 0 Å². The Labute approximate surface area is 215 Å². The normalized spacial score (nSPS) is 20.7. The number of piperidine rings is 1. The molecule has 2 aromatic carbocycles. The molecule has 7 heteroatoms. The molecular formula is C28H38ClN3O3. The largest absolute Gasteiger partial charge is 0.494 e. The molecule has 0 saturated carbocycles. The topological polar surface area (TPSA) is 53.1 Å². The Hall–Kier alpha value is -2.57. The summed E-state index contributed by atoms with van der Waals surface area (Å²) in [7, 11) is 0. The number of benzene rings is 2. The van der Waals surface area contributed by atoms with Crippen LogP contribution in [0.2, 0.25) is 0 Å². The van der Waals surface area contributed by atoms with E-state index in [2.05, 4.69) is 4.90 Å². The van der Waals surface area contributed by atoms with Gasteiger partial charge in [0.05, 0.1) is 6.61 Å². The minimum atomic E-state index is -0.0529. The summed E-state index contributed by atoms with van der Waals surface area (Å²) in [4.78, 5) is 32.4. The molecule has 2 heterocycles. The van der Waals surface area contributed by atoms with Crippen molar-refractivity contribution in [3.63, 3.8) is 0 Å². The van der Waals surface area contributed by atoms with Gasteiger partial charge < -0.3 is 19.4 Å². The lowest BCUT2D eigenvalue weighted by molar-refractivity contribution is 0.0254. The fourth-order valence-electron chi connectivity index (χ4n) is 5.16. The number of likely N-dealkylation sites (tertiary alicyclic amines) is 1. The molecule has 0 aromatic heterocycles. The predicted molar refractivity (Wildman–Crippen MR) is 142 cm³/mol. The van der Waals surface area contributed by atoms with Crippen LogP contribution in [0.3, 0.4) is 0 Å². The van der Waals surface area contributed by atoms with E-state index in [1.807, 2.05) is 78.2 Å². The summed E-state index contributed by atoms with van der Waals surface area (Å²) >= 11 is 0. The second-order valence-electron chi connectivity index (χ2n) is 9.62. The molecule has 0 aliphatic carbocycles. The van der Waals surface area contributed by atoms with Crippen molar-refractivity contribution in [3.05, 3.63) is 65.7 Å². The van der Waals surface area contributed by atoms with E-state index in [1.54, 1.807) is 0 Å². The molecule has 2 aliphatic rings. The van der Waals surface area contributed by atoms with Gasteiger partial charge in [-0.1, -0.05) is 24.6 Å². The van der Waals surface area contributed by atoms with Gasteiger partial charge in [-0.2, -0.15) is 0 Å². The van der Waals surface area contributed by atoms with Crippen molar-refractivity contribution in [1.82, 2.24) is 14.7 Å². The van der Waals surface area contributed by atoms with Crippen molar-refractivity contribution in [2.75, 3.05) is 39.3 Å². The van der Waals surface area contributed by atoms with Crippen molar-refractivity contribution >= 4 is 24.2 Å². The maximum absolute atomic E-state index is 13.2. The number of carbonyl (C=O) groups excluding carboxylic acids is 2. The molecule has 0 N–H and O–H groups in total. The summed E-state index contributed by atoms with van der Waals surface area (Å²) in [5.74, 6) is 0.826. The van der Waals surface area contributed by atoms with Crippen LogP contribution in [-0.4, -0.2) is 77.9 Å². The molecule has 2 saturated heterocycles. The van der Waals surface area contributed by atoms with E-state index in [0.29, 0.717) is 30.8 Å². The summed E-state index contributed by atoms with van der Waals surface area (Å²) in [6, 6.07) is 16.7. The summed E-state index contributed by atoms with van der Waals surface area (Å²) < 4.78 is 5.90. The van der Waals surface area contributed by atoms with Crippen molar-refractivity contribution in [2.24, 2.45) is 0 Å². The highest BCUT2D eigenvalue weighted by molar-refractivity contribution is 5.96. The molecule has 2 aliphatic heterocycles. The van der Waals surface area contributed by atoms with E-state index in [-0.39, 0.29) is 36.3 Å². The van der Waals surface area contributed by atoms with Gasteiger partial charge in [0.2, 0.25) is 0 Å². The van der Waals surface area contributed by atoms with Crippen molar-refractivity contribution in [2.45, 2.75) is 51.6 Å². The molecule has 6 nitrogen and oxygen atoms in total. The highest BCUT2D eigenvalue weighted by atomic mass is 35.5. The monoisotopic (exact) mass is 499 g/mol. The van der Waals surface area contributed by atoms with Gasteiger partial charge in [-0.15, -0.1) is 12.4 Å². The van der Waals surface area contributed by atoms with Gasteiger partial charge in [0.15, 0.2) is 0 Å². The summed E-state index contributed by atoms with van der Waals surface area (Å²) in [5.41, 5.74) is 1.34. The lowest BCUT2D eigenvalue weighted by Gasteiger charge is -2.44. The average Bonchev–Trinajstić information content (AvgIpc) is 2.87. The number of rotatable bonds is 7. The highest BCUT2D eigenvalue weighted by Gasteiger charge is 2.35. The highest BCUT2D eigenvalue weighted by Crippen LogP contribution is 2.22. The van der Waals surface area contributed by atoms with Gasteiger partial charge in [-0.25, -0.2) is 0 Å². The lowest BCUT2D eigenvalue weighted by atomic mass is 10.0. The first-order valence-electron chi connectivity index (χ1n) is 12.6. The SMILES string of the molecule is C[C@@H]1CN(C(=O)c2ccc(OCCCN3CCCCC3)cc2)C[C@H](C)N1C(=O)c1ccccc1.Cl. The van der Waals surface area contributed by atoms with Crippen LogP contribution in [0.15, 0.2) is 54.6 Å². The van der Waals surface area contributed by atoms with E-state index in [9.17, 15) is 9.59 Å². The predicted octanol–water partition coefficient (Wildman–Crippen LogP) is 4.74. The van der Waals surface area contributed by atoms with Gasteiger partial charge in [0.25, 0.3) is 11.8 Å². The zero-order chi connectivity index (χ0) is 23.9. The molecule has 4 rings (SSSR count). The number of piperazine rings is 1. The molecule has 190 valence electrons. The van der Waals surface area contributed by atoms with Gasteiger partial charge in [-0.05, 0) is 82.6 Å². The van der Waals surface area contributed by atoms with Crippen LogP contribution < -0.4 is 4.74 Å². The lowest BCUT2D eigenvalue weighted by Crippen LogP contribution is -2.59. The molecule has 0 bridgehead atoms. The zero-order valence-electron chi connectivity index (χ0n) is 20.9. The molecule has 2 amide bonds. The number of ether oxygens (including phenoxy) is 1. The van der Waals surface area contributed by atoms with Gasteiger partial charge >= 0.3 is 0 Å². The molecule has 2 fully saturated rings. The van der Waals surface area contributed by atoms with E-state index in [4.69, 9.17) is 4.74 Å².